The van der Waals surface area contributed by atoms with Crippen molar-refractivity contribution in [1.29, 1.82) is 0 Å². The molecule has 1 aromatic carbocycles. The number of aryl methyl sites for hydroxylation is 1. The van der Waals surface area contributed by atoms with E-state index in [2.05, 4.69) is 34.4 Å². The van der Waals surface area contributed by atoms with Gasteiger partial charge in [0.1, 0.15) is 0 Å². The summed E-state index contributed by atoms with van der Waals surface area (Å²) in [6.45, 7) is 0. The van der Waals surface area contributed by atoms with E-state index in [1.54, 1.807) is 0 Å². The van der Waals surface area contributed by atoms with Crippen molar-refractivity contribution in [3.8, 4) is 0 Å². The quantitative estimate of drug-likeness (QED) is 0.918. The maximum atomic E-state index is 6.42. The number of rotatable bonds is 2. The lowest BCUT2D eigenvalue weighted by atomic mass is 9.82. The van der Waals surface area contributed by atoms with Crippen molar-refractivity contribution in [2.24, 2.45) is 5.73 Å². The van der Waals surface area contributed by atoms with Gasteiger partial charge in [0, 0.05) is 5.92 Å². The summed E-state index contributed by atoms with van der Waals surface area (Å²) in [6.07, 6.45) is 7.64. The van der Waals surface area contributed by atoms with Crippen molar-refractivity contribution >= 4 is 0 Å². The summed E-state index contributed by atoms with van der Waals surface area (Å²) in [5, 5.41) is 4.26. The van der Waals surface area contributed by atoms with Crippen LogP contribution in [0.1, 0.15) is 67.3 Å². The molecule has 1 unspecified atom stereocenters. The summed E-state index contributed by atoms with van der Waals surface area (Å²) in [6, 6.07) is 8.61. The van der Waals surface area contributed by atoms with Gasteiger partial charge in [-0.25, -0.2) is 0 Å². The number of nitrogens with zero attached hydrogens (tertiary/aromatic N) is 2. The van der Waals surface area contributed by atoms with Gasteiger partial charge in [-0.1, -0.05) is 42.3 Å². The molecule has 0 spiro atoms. The number of hydrogen-bond acceptors (Lipinski definition) is 4. The van der Waals surface area contributed by atoms with E-state index in [-0.39, 0.29) is 11.5 Å². The monoisotopic (exact) mass is 283 g/mol. The lowest BCUT2D eigenvalue weighted by Gasteiger charge is -2.23. The van der Waals surface area contributed by atoms with E-state index in [1.165, 1.54) is 17.5 Å². The first kappa shape index (κ1) is 13.0. The maximum Gasteiger partial charge on any atom is 0.246 e. The molecule has 2 aliphatic carbocycles. The van der Waals surface area contributed by atoms with Crippen LogP contribution in [0, 0.1) is 0 Å². The third-order valence-electron chi connectivity index (χ3n) is 5.04. The number of aromatic nitrogens is 2. The van der Waals surface area contributed by atoms with Crippen LogP contribution in [0.5, 0.6) is 0 Å². The van der Waals surface area contributed by atoms with Crippen molar-refractivity contribution in [2.45, 2.75) is 56.4 Å². The van der Waals surface area contributed by atoms with Gasteiger partial charge in [0.2, 0.25) is 5.89 Å². The van der Waals surface area contributed by atoms with E-state index < -0.39 is 0 Å². The number of hydrogen-bond donors (Lipinski definition) is 1. The van der Waals surface area contributed by atoms with Gasteiger partial charge in [-0.3, -0.25) is 0 Å². The first-order chi connectivity index (χ1) is 10.3. The van der Waals surface area contributed by atoms with Gasteiger partial charge in [-0.2, -0.15) is 4.98 Å². The van der Waals surface area contributed by atoms with E-state index in [9.17, 15) is 0 Å². The molecule has 1 atom stereocenters. The van der Waals surface area contributed by atoms with Crippen LogP contribution < -0.4 is 5.73 Å². The van der Waals surface area contributed by atoms with Crippen LogP contribution in [-0.2, 0) is 12.0 Å². The van der Waals surface area contributed by atoms with Gasteiger partial charge in [0.15, 0.2) is 5.82 Å². The van der Waals surface area contributed by atoms with E-state index in [1.807, 2.05) is 0 Å². The van der Waals surface area contributed by atoms with Crippen LogP contribution in [0.4, 0.5) is 0 Å². The molecule has 0 radical (unpaired) electrons. The molecule has 110 valence electrons. The molecule has 4 heteroatoms. The lowest BCUT2D eigenvalue weighted by molar-refractivity contribution is 0.283. The molecule has 2 aromatic rings. The van der Waals surface area contributed by atoms with Gasteiger partial charge in [-0.05, 0) is 43.2 Å². The zero-order valence-electron chi connectivity index (χ0n) is 12.2. The van der Waals surface area contributed by atoms with E-state index in [0.29, 0.717) is 5.89 Å². The minimum atomic E-state index is -0.389. The third-order valence-corrected chi connectivity index (χ3v) is 5.04. The standard InChI is InChI=1S/C17H21N3O/c18-17(10-3-4-11-17)16-19-15(20-21-16)14-9-5-7-12-6-1-2-8-13(12)14/h1-2,6,8,14H,3-5,7,9-11,18H2. The molecule has 0 aliphatic heterocycles. The lowest BCUT2D eigenvalue weighted by Crippen LogP contribution is -2.33. The average molecular weight is 283 g/mol. The first-order valence-electron chi connectivity index (χ1n) is 7.97. The minimum Gasteiger partial charge on any atom is -0.337 e. The molecule has 4 rings (SSSR count). The molecule has 0 saturated heterocycles. The van der Waals surface area contributed by atoms with Gasteiger partial charge in [0.25, 0.3) is 0 Å². The Morgan fingerprint density at radius 2 is 1.95 bits per heavy atom. The molecule has 4 nitrogen and oxygen atoms in total. The Labute approximate surface area is 124 Å². The fourth-order valence-corrected chi connectivity index (χ4v) is 3.82. The fourth-order valence-electron chi connectivity index (χ4n) is 3.82. The number of fused-ring (bicyclic) bond motifs is 1. The Hall–Kier alpha value is -1.68. The summed E-state index contributed by atoms with van der Waals surface area (Å²) in [5.74, 6) is 1.71. The Balaban J connectivity index is 1.68. The van der Waals surface area contributed by atoms with Crippen molar-refractivity contribution in [2.75, 3.05) is 0 Å². The maximum absolute atomic E-state index is 6.42. The van der Waals surface area contributed by atoms with Crippen LogP contribution in [-0.4, -0.2) is 10.1 Å². The fraction of sp³-hybridized carbons (Fsp3) is 0.529. The highest BCUT2D eigenvalue weighted by Crippen LogP contribution is 2.38. The predicted molar refractivity (Wildman–Crippen MR) is 79.9 cm³/mol. The summed E-state index contributed by atoms with van der Waals surface area (Å²) >= 11 is 0. The highest BCUT2D eigenvalue weighted by molar-refractivity contribution is 5.36. The normalized spacial score (nSPS) is 24.0. The summed E-state index contributed by atoms with van der Waals surface area (Å²) in [7, 11) is 0. The number of nitrogens with two attached hydrogens (primary N) is 1. The second kappa shape index (κ2) is 4.95. The predicted octanol–water partition coefficient (Wildman–Crippen LogP) is 3.27. The van der Waals surface area contributed by atoms with E-state index >= 15 is 0 Å². The zero-order valence-corrected chi connectivity index (χ0v) is 12.2. The molecule has 1 fully saturated rings. The van der Waals surface area contributed by atoms with Gasteiger partial charge in [-0.15, -0.1) is 0 Å². The zero-order chi connectivity index (χ0) is 14.3. The third kappa shape index (κ3) is 2.18. The van der Waals surface area contributed by atoms with Crippen molar-refractivity contribution < 1.29 is 4.52 Å². The van der Waals surface area contributed by atoms with Crippen LogP contribution in [0.3, 0.4) is 0 Å². The topological polar surface area (TPSA) is 64.9 Å². The molecule has 1 heterocycles. The molecule has 1 aromatic heterocycles. The van der Waals surface area contributed by atoms with Crippen molar-refractivity contribution in [3.63, 3.8) is 0 Å². The smallest absolute Gasteiger partial charge is 0.246 e. The summed E-state index contributed by atoms with van der Waals surface area (Å²) in [4.78, 5) is 4.68. The van der Waals surface area contributed by atoms with E-state index in [4.69, 9.17) is 10.3 Å². The van der Waals surface area contributed by atoms with Crippen LogP contribution in [0.25, 0.3) is 0 Å². The molecular formula is C17H21N3O. The Morgan fingerprint density at radius 1 is 1.14 bits per heavy atom. The molecule has 1 saturated carbocycles. The average Bonchev–Trinajstić information content (AvgIpc) is 3.16. The molecular weight excluding hydrogens is 262 g/mol. The highest BCUT2D eigenvalue weighted by atomic mass is 16.5. The van der Waals surface area contributed by atoms with Gasteiger partial charge in [0.05, 0.1) is 5.54 Å². The molecule has 0 bridgehead atoms. The van der Waals surface area contributed by atoms with Crippen LogP contribution in [0.2, 0.25) is 0 Å². The van der Waals surface area contributed by atoms with Crippen molar-refractivity contribution in [3.05, 3.63) is 47.1 Å². The molecule has 21 heavy (non-hydrogen) atoms. The SMILES string of the molecule is NC1(c2nc(C3CCCc4ccccc43)no2)CCCC1. The Bertz CT molecular complexity index is 643. The Kier molecular flexibility index (Phi) is 3.07. The summed E-state index contributed by atoms with van der Waals surface area (Å²) in [5.41, 5.74) is 8.81. The van der Waals surface area contributed by atoms with E-state index in [0.717, 1.165) is 44.3 Å². The van der Waals surface area contributed by atoms with Crippen LogP contribution in [0.15, 0.2) is 28.8 Å². The van der Waals surface area contributed by atoms with Gasteiger partial charge >= 0.3 is 0 Å². The second-order valence-corrected chi connectivity index (χ2v) is 6.46. The number of benzene rings is 1. The molecule has 0 amide bonds. The molecule has 2 N–H and O–H groups in total. The highest BCUT2D eigenvalue weighted by Gasteiger charge is 2.38. The van der Waals surface area contributed by atoms with Crippen LogP contribution >= 0.6 is 0 Å². The second-order valence-electron chi connectivity index (χ2n) is 6.46. The van der Waals surface area contributed by atoms with Crippen molar-refractivity contribution in [1.82, 2.24) is 10.1 Å². The molecule has 2 aliphatic rings. The Morgan fingerprint density at radius 3 is 2.81 bits per heavy atom. The summed E-state index contributed by atoms with van der Waals surface area (Å²) < 4.78 is 5.53. The van der Waals surface area contributed by atoms with Gasteiger partial charge < -0.3 is 10.3 Å². The largest absolute Gasteiger partial charge is 0.337 e. The minimum absolute atomic E-state index is 0.262. The first-order valence-corrected chi connectivity index (χ1v) is 7.97.